The zero-order valence-corrected chi connectivity index (χ0v) is 15.5. The van der Waals surface area contributed by atoms with E-state index < -0.39 is 5.82 Å². The molecule has 2 aromatic carbocycles. The van der Waals surface area contributed by atoms with Crippen LogP contribution in [0, 0.1) is 5.82 Å². The molecule has 2 aliphatic heterocycles. The molecule has 0 spiro atoms. The van der Waals surface area contributed by atoms with Gasteiger partial charge < -0.3 is 19.7 Å². The lowest BCUT2D eigenvalue weighted by molar-refractivity contribution is -0.910. The van der Waals surface area contributed by atoms with E-state index in [-0.39, 0.29) is 24.2 Å². The van der Waals surface area contributed by atoms with E-state index in [9.17, 15) is 9.18 Å². The monoisotopic (exact) mass is 391 g/mol. The van der Waals surface area contributed by atoms with Crippen molar-refractivity contribution in [3.8, 4) is 11.5 Å². The van der Waals surface area contributed by atoms with E-state index in [0.717, 1.165) is 41.3 Å². The summed E-state index contributed by atoms with van der Waals surface area (Å²) in [4.78, 5) is 13.6. The maximum Gasteiger partial charge on any atom is 0.279 e. The Morgan fingerprint density at radius 3 is 2.85 bits per heavy atom. The molecule has 27 heavy (non-hydrogen) atoms. The molecule has 2 aliphatic rings. The van der Waals surface area contributed by atoms with Gasteiger partial charge in [-0.15, -0.1) is 0 Å². The minimum Gasteiger partial charge on any atom is -0.486 e. The molecule has 7 heteroatoms. The van der Waals surface area contributed by atoms with Gasteiger partial charge in [-0.05, 0) is 36.4 Å². The van der Waals surface area contributed by atoms with Gasteiger partial charge in [0, 0.05) is 23.4 Å². The third kappa shape index (κ3) is 4.01. The van der Waals surface area contributed by atoms with E-state index in [1.807, 2.05) is 18.2 Å². The summed E-state index contributed by atoms with van der Waals surface area (Å²) in [5.41, 5.74) is 1.25. The summed E-state index contributed by atoms with van der Waals surface area (Å²) < 4.78 is 25.1. The largest absolute Gasteiger partial charge is 0.486 e. The molecule has 5 nitrogen and oxygen atoms in total. The predicted molar refractivity (Wildman–Crippen MR) is 100 cm³/mol. The number of amides is 1. The molecule has 0 aliphatic carbocycles. The first-order valence-corrected chi connectivity index (χ1v) is 9.47. The van der Waals surface area contributed by atoms with Crippen molar-refractivity contribution in [1.82, 2.24) is 0 Å². The highest BCUT2D eigenvalue weighted by atomic mass is 35.5. The number of hydrogen-bond donors (Lipinski definition) is 2. The minimum atomic E-state index is -0.493. The smallest absolute Gasteiger partial charge is 0.279 e. The fraction of sp³-hybridized carbons (Fsp3) is 0.350. The van der Waals surface area contributed by atoms with E-state index in [1.165, 1.54) is 18.2 Å². The maximum atomic E-state index is 13.8. The summed E-state index contributed by atoms with van der Waals surface area (Å²) in [6, 6.07) is 10.3. The molecule has 0 aromatic heterocycles. The van der Waals surface area contributed by atoms with Crippen molar-refractivity contribution in [2.45, 2.75) is 18.9 Å². The van der Waals surface area contributed by atoms with Gasteiger partial charge in [0.25, 0.3) is 5.91 Å². The van der Waals surface area contributed by atoms with Crippen molar-refractivity contribution < 1.29 is 23.6 Å². The number of ether oxygens (including phenoxy) is 2. The van der Waals surface area contributed by atoms with Crippen LogP contribution in [0.5, 0.6) is 11.5 Å². The summed E-state index contributed by atoms with van der Waals surface area (Å²) in [5, 5.41) is 3.02. The van der Waals surface area contributed by atoms with Crippen LogP contribution in [0.25, 0.3) is 0 Å². The molecule has 1 saturated heterocycles. The van der Waals surface area contributed by atoms with Gasteiger partial charge in [0.2, 0.25) is 0 Å². The number of halogens is 2. The Morgan fingerprint density at radius 1 is 1.19 bits per heavy atom. The summed E-state index contributed by atoms with van der Waals surface area (Å²) in [7, 11) is 0. The molecule has 4 rings (SSSR count). The quantitative estimate of drug-likeness (QED) is 0.842. The van der Waals surface area contributed by atoms with E-state index in [4.69, 9.17) is 21.1 Å². The van der Waals surface area contributed by atoms with E-state index in [2.05, 4.69) is 5.32 Å². The van der Waals surface area contributed by atoms with Crippen molar-refractivity contribution in [3.63, 3.8) is 0 Å². The fourth-order valence-corrected chi connectivity index (χ4v) is 3.97. The first-order valence-electron chi connectivity index (χ1n) is 9.09. The standard InChI is InChI=1S/C20H20ClFN2O3/c21-14-4-5-15(22)16(11-14)23-20(25)12-24-7-1-2-17(24)13-3-6-18-19(10-13)27-9-8-26-18/h3-6,10-11,17H,1-2,7-9,12H2,(H,23,25)/p+1/t17-/m0/s1. The summed E-state index contributed by atoms with van der Waals surface area (Å²) in [6.45, 7) is 2.27. The highest BCUT2D eigenvalue weighted by Crippen LogP contribution is 2.33. The van der Waals surface area contributed by atoms with Gasteiger partial charge >= 0.3 is 0 Å². The number of carbonyl (C=O) groups excluding carboxylic acids is 1. The molecule has 1 unspecified atom stereocenters. The van der Waals surface area contributed by atoms with Crippen LogP contribution < -0.4 is 19.7 Å². The summed E-state index contributed by atoms with van der Waals surface area (Å²) in [6.07, 6.45) is 2.03. The molecule has 2 heterocycles. The van der Waals surface area contributed by atoms with Crippen LogP contribution in [0.4, 0.5) is 10.1 Å². The van der Waals surface area contributed by atoms with Crippen LogP contribution in [-0.4, -0.2) is 32.2 Å². The molecular formula is C20H21ClFN2O3+. The zero-order chi connectivity index (χ0) is 18.8. The molecular weight excluding hydrogens is 371 g/mol. The molecule has 142 valence electrons. The second-order valence-corrected chi connectivity index (χ2v) is 7.29. The number of carbonyl (C=O) groups is 1. The van der Waals surface area contributed by atoms with Gasteiger partial charge in [0.15, 0.2) is 18.0 Å². The Hall–Kier alpha value is -2.31. The zero-order valence-electron chi connectivity index (χ0n) is 14.8. The van der Waals surface area contributed by atoms with Crippen LogP contribution >= 0.6 is 11.6 Å². The van der Waals surface area contributed by atoms with Crippen molar-refractivity contribution in [1.29, 1.82) is 0 Å². The molecule has 0 saturated carbocycles. The second-order valence-electron chi connectivity index (χ2n) is 6.86. The maximum absolute atomic E-state index is 13.8. The van der Waals surface area contributed by atoms with Crippen molar-refractivity contribution >= 4 is 23.2 Å². The van der Waals surface area contributed by atoms with Crippen LogP contribution in [0.15, 0.2) is 36.4 Å². The van der Waals surface area contributed by atoms with E-state index in [1.54, 1.807) is 0 Å². The third-order valence-corrected chi connectivity index (χ3v) is 5.28. The molecule has 1 amide bonds. The van der Waals surface area contributed by atoms with Crippen LogP contribution in [-0.2, 0) is 4.79 Å². The first-order chi connectivity index (χ1) is 13.1. The number of fused-ring (bicyclic) bond motifs is 1. The van der Waals surface area contributed by atoms with Gasteiger partial charge in [0.1, 0.15) is 25.1 Å². The number of hydrogen-bond acceptors (Lipinski definition) is 3. The molecule has 0 bridgehead atoms. The molecule has 0 radical (unpaired) electrons. The highest BCUT2D eigenvalue weighted by molar-refractivity contribution is 6.30. The van der Waals surface area contributed by atoms with Crippen LogP contribution in [0.1, 0.15) is 24.4 Å². The van der Waals surface area contributed by atoms with Crippen LogP contribution in [0.3, 0.4) is 0 Å². The van der Waals surface area contributed by atoms with Gasteiger partial charge in [-0.2, -0.15) is 0 Å². The van der Waals surface area contributed by atoms with Crippen LogP contribution in [0.2, 0.25) is 5.02 Å². The van der Waals surface area contributed by atoms with Gasteiger partial charge in [-0.25, -0.2) is 4.39 Å². The Labute approximate surface area is 162 Å². The Kier molecular flexibility index (Phi) is 5.18. The normalized spacial score (nSPS) is 21.1. The third-order valence-electron chi connectivity index (χ3n) is 5.04. The number of likely N-dealkylation sites (tertiary alicyclic amines) is 1. The SMILES string of the molecule is O=C(C[NH+]1CCC[C@H]1c1ccc2c(c1)OCCO2)Nc1cc(Cl)ccc1F. The fourth-order valence-electron chi connectivity index (χ4n) is 3.80. The average Bonchev–Trinajstić information content (AvgIpc) is 3.12. The van der Waals surface area contributed by atoms with Gasteiger partial charge in [0.05, 0.1) is 12.2 Å². The number of quaternary nitrogens is 1. The lowest BCUT2D eigenvalue weighted by Gasteiger charge is -2.24. The van der Waals surface area contributed by atoms with Crippen molar-refractivity contribution in [2.75, 3.05) is 31.6 Å². The number of benzene rings is 2. The van der Waals surface area contributed by atoms with Gasteiger partial charge in [-0.3, -0.25) is 4.79 Å². The second kappa shape index (κ2) is 7.74. The summed E-state index contributed by atoms with van der Waals surface area (Å²) >= 11 is 5.89. The lowest BCUT2D eigenvalue weighted by Crippen LogP contribution is -3.11. The average molecular weight is 392 g/mol. The Morgan fingerprint density at radius 2 is 2.00 bits per heavy atom. The highest BCUT2D eigenvalue weighted by Gasteiger charge is 2.32. The predicted octanol–water partition coefficient (Wildman–Crippen LogP) is 2.61. The first kappa shape index (κ1) is 18.1. The number of anilines is 1. The van der Waals surface area contributed by atoms with E-state index >= 15 is 0 Å². The van der Waals surface area contributed by atoms with E-state index in [0.29, 0.717) is 18.2 Å². The molecule has 1 fully saturated rings. The molecule has 2 aromatic rings. The Balaban J connectivity index is 1.45. The van der Waals surface area contributed by atoms with Crippen molar-refractivity contribution in [3.05, 3.63) is 52.8 Å². The topological polar surface area (TPSA) is 52.0 Å². The molecule has 2 N–H and O–H groups in total. The Bertz CT molecular complexity index is 861. The number of rotatable bonds is 4. The minimum absolute atomic E-state index is 0.113. The van der Waals surface area contributed by atoms with Gasteiger partial charge in [-0.1, -0.05) is 11.6 Å². The lowest BCUT2D eigenvalue weighted by atomic mass is 10.0. The van der Waals surface area contributed by atoms with Crippen molar-refractivity contribution in [2.24, 2.45) is 0 Å². The summed E-state index contributed by atoms with van der Waals surface area (Å²) in [5.74, 6) is 0.803. The number of nitrogens with one attached hydrogen (secondary N) is 2. The molecule has 2 atom stereocenters.